The van der Waals surface area contributed by atoms with Gasteiger partial charge in [-0.1, -0.05) is 0 Å². The molecule has 1 aliphatic carbocycles. The Kier molecular flexibility index (Phi) is 7.73. The first-order valence-corrected chi connectivity index (χ1v) is 11.4. The lowest BCUT2D eigenvalue weighted by atomic mass is 9.96. The van der Waals surface area contributed by atoms with Gasteiger partial charge in [-0.25, -0.2) is 0 Å². The maximum absolute atomic E-state index is 11.2. The van der Waals surface area contributed by atoms with Crippen molar-refractivity contribution in [2.24, 2.45) is 0 Å². The van der Waals surface area contributed by atoms with Gasteiger partial charge in [-0.15, -0.1) is 0 Å². The van der Waals surface area contributed by atoms with Gasteiger partial charge in [0, 0.05) is 30.2 Å². The number of methoxy groups -OCH3 is 2. The monoisotopic (exact) mass is 536 g/mol. The molecular formula is C25H28O13. The fraction of sp³-hybridized carbons (Fsp3) is 0.400. The number of phenolic OH excluding ortho intramolecular Hbond substituents is 1. The number of allylic oxidation sites excluding steroid dienone is 2. The number of rotatable bonds is 7. The number of carbonyl (C=O) groups excluding carboxylic acids is 1. The Bertz CT molecular complexity index is 1190. The second kappa shape index (κ2) is 10.8. The third-order valence-electron chi connectivity index (χ3n) is 6.07. The summed E-state index contributed by atoms with van der Waals surface area (Å²) >= 11 is 0. The average Bonchev–Trinajstić information content (AvgIpc) is 2.88. The van der Waals surface area contributed by atoms with Crippen molar-refractivity contribution in [1.29, 1.82) is 0 Å². The molecule has 6 N–H and O–H groups in total. The van der Waals surface area contributed by atoms with Crippen LogP contribution in [0.1, 0.15) is 12.5 Å². The van der Waals surface area contributed by atoms with Crippen molar-refractivity contribution >= 4 is 11.7 Å². The highest BCUT2D eigenvalue weighted by atomic mass is 16.7. The number of aliphatic hydroxyl groups excluding tert-OH is 5. The molecule has 1 saturated heterocycles. The van der Waals surface area contributed by atoms with E-state index in [9.17, 15) is 35.4 Å². The van der Waals surface area contributed by atoms with Crippen LogP contribution in [0.15, 0.2) is 53.2 Å². The minimum absolute atomic E-state index is 0.00190. The molecule has 3 aliphatic rings. The zero-order valence-corrected chi connectivity index (χ0v) is 20.6. The summed E-state index contributed by atoms with van der Waals surface area (Å²) in [7, 11) is 2.66. The standard InChI is InChI=1S/C25H28O13/c1-10(26)35-9-19-21(30)22(31)23(32)25(38-19)37-18-8-13-14(28)6-12(27)7-15(13)36-24(18)11-4-16(33-2)20(29)17(5-11)34-3/h4-8,15,19,21-23,25,27-32H,9H2,1-3H3. The molecule has 1 aromatic carbocycles. The molecule has 1 aromatic rings. The molecular weight excluding hydrogens is 508 g/mol. The lowest BCUT2D eigenvalue weighted by molar-refractivity contribution is -0.291. The molecule has 6 atom stereocenters. The number of aromatic hydroxyl groups is 1. The summed E-state index contributed by atoms with van der Waals surface area (Å²) in [5.74, 6) is -1.52. The smallest absolute Gasteiger partial charge is 0.302 e. The molecule has 206 valence electrons. The molecule has 2 heterocycles. The van der Waals surface area contributed by atoms with Crippen LogP contribution in [-0.2, 0) is 23.7 Å². The Labute approximate surface area is 216 Å². The summed E-state index contributed by atoms with van der Waals surface area (Å²) < 4.78 is 32.9. The van der Waals surface area contributed by atoms with E-state index in [1.165, 1.54) is 38.5 Å². The minimum Gasteiger partial charge on any atom is -0.508 e. The van der Waals surface area contributed by atoms with Crippen LogP contribution in [0.25, 0.3) is 5.76 Å². The van der Waals surface area contributed by atoms with Crippen molar-refractivity contribution in [3.63, 3.8) is 0 Å². The number of fused-ring (bicyclic) bond motifs is 1. The fourth-order valence-corrected chi connectivity index (χ4v) is 4.11. The first-order valence-electron chi connectivity index (χ1n) is 11.4. The van der Waals surface area contributed by atoms with E-state index in [2.05, 4.69) is 0 Å². The van der Waals surface area contributed by atoms with Crippen LogP contribution >= 0.6 is 0 Å². The Balaban J connectivity index is 1.77. The number of benzene rings is 1. The van der Waals surface area contributed by atoms with Gasteiger partial charge in [0.25, 0.3) is 0 Å². The Morgan fingerprint density at radius 3 is 2.24 bits per heavy atom. The SMILES string of the molecule is COc1cc(C2=C(OC3OC(COC(C)=O)C(O)C(O)C3O)C=C3C(O)=CC(O)=CC3O2)cc(OC)c1O. The van der Waals surface area contributed by atoms with E-state index >= 15 is 0 Å². The molecule has 1 fully saturated rings. The largest absolute Gasteiger partial charge is 0.508 e. The van der Waals surface area contributed by atoms with Crippen LogP contribution in [0.2, 0.25) is 0 Å². The molecule has 38 heavy (non-hydrogen) atoms. The first kappa shape index (κ1) is 27.1. The summed E-state index contributed by atoms with van der Waals surface area (Å²) in [5, 5.41) is 61.9. The number of hydrogen-bond donors (Lipinski definition) is 6. The van der Waals surface area contributed by atoms with Crippen molar-refractivity contribution in [2.45, 2.75) is 43.7 Å². The van der Waals surface area contributed by atoms with Crippen molar-refractivity contribution in [2.75, 3.05) is 20.8 Å². The Morgan fingerprint density at radius 2 is 1.63 bits per heavy atom. The van der Waals surface area contributed by atoms with E-state index in [1.807, 2.05) is 0 Å². The zero-order valence-electron chi connectivity index (χ0n) is 20.6. The molecule has 0 spiro atoms. The van der Waals surface area contributed by atoms with Crippen LogP contribution in [0.5, 0.6) is 17.2 Å². The summed E-state index contributed by atoms with van der Waals surface area (Å²) in [4.78, 5) is 11.2. The molecule has 0 saturated carbocycles. The summed E-state index contributed by atoms with van der Waals surface area (Å²) in [5.41, 5.74) is 0.465. The molecule has 4 rings (SSSR count). The van der Waals surface area contributed by atoms with Crippen molar-refractivity contribution in [3.8, 4) is 17.2 Å². The zero-order chi connectivity index (χ0) is 27.7. The topological polar surface area (TPSA) is 194 Å². The normalized spacial score (nSPS) is 28.7. The molecule has 0 radical (unpaired) electrons. The van der Waals surface area contributed by atoms with Gasteiger partial charge in [-0.3, -0.25) is 4.79 Å². The Morgan fingerprint density at radius 1 is 0.974 bits per heavy atom. The van der Waals surface area contributed by atoms with E-state index < -0.39 is 49.4 Å². The van der Waals surface area contributed by atoms with Gasteiger partial charge in [0.1, 0.15) is 48.6 Å². The maximum Gasteiger partial charge on any atom is 0.302 e. The van der Waals surface area contributed by atoms with Crippen molar-refractivity contribution < 1.29 is 63.9 Å². The summed E-state index contributed by atoms with van der Waals surface area (Å²) in [6.45, 7) is 0.732. The van der Waals surface area contributed by atoms with E-state index in [0.717, 1.165) is 13.0 Å². The van der Waals surface area contributed by atoms with Gasteiger partial charge in [0.05, 0.1) is 14.2 Å². The van der Waals surface area contributed by atoms with E-state index in [-0.39, 0.29) is 51.4 Å². The highest BCUT2D eigenvalue weighted by Gasteiger charge is 2.46. The quantitative estimate of drug-likeness (QED) is 0.267. The van der Waals surface area contributed by atoms with Crippen LogP contribution in [0.4, 0.5) is 0 Å². The molecule has 13 heteroatoms. The fourth-order valence-electron chi connectivity index (χ4n) is 4.11. The third-order valence-corrected chi connectivity index (χ3v) is 6.07. The predicted molar refractivity (Wildman–Crippen MR) is 127 cm³/mol. The van der Waals surface area contributed by atoms with Gasteiger partial charge in [0.15, 0.2) is 23.0 Å². The van der Waals surface area contributed by atoms with Crippen LogP contribution in [-0.4, -0.2) is 94.2 Å². The molecule has 0 aromatic heterocycles. The van der Waals surface area contributed by atoms with Gasteiger partial charge >= 0.3 is 5.97 Å². The van der Waals surface area contributed by atoms with E-state index in [4.69, 9.17) is 28.4 Å². The van der Waals surface area contributed by atoms with E-state index in [0.29, 0.717) is 0 Å². The number of hydrogen-bond acceptors (Lipinski definition) is 13. The van der Waals surface area contributed by atoms with Gasteiger partial charge < -0.3 is 59.1 Å². The van der Waals surface area contributed by atoms with Gasteiger partial charge in [-0.05, 0) is 18.2 Å². The second-order valence-corrected chi connectivity index (χ2v) is 8.62. The van der Waals surface area contributed by atoms with E-state index in [1.54, 1.807) is 0 Å². The first-order chi connectivity index (χ1) is 18.0. The molecule has 0 bridgehead atoms. The number of esters is 1. The van der Waals surface area contributed by atoms with Gasteiger partial charge in [-0.2, -0.15) is 0 Å². The second-order valence-electron chi connectivity index (χ2n) is 8.62. The molecule has 0 amide bonds. The maximum atomic E-state index is 11.2. The third kappa shape index (κ3) is 5.22. The highest BCUT2D eigenvalue weighted by molar-refractivity contribution is 5.72. The van der Waals surface area contributed by atoms with Crippen LogP contribution < -0.4 is 9.47 Å². The molecule has 6 unspecified atom stereocenters. The number of aliphatic hydroxyl groups is 5. The lowest BCUT2D eigenvalue weighted by Crippen LogP contribution is -2.59. The highest BCUT2D eigenvalue weighted by Crippen LogP contribution is 2.43. The summed E-state index contributed by atoms with van der Waals surface area (Å²) in [6, 6.07) is 2.83. The number of phenols is 1. The number of carbonyl (C=O) groups is 1. The minimum atomic E-state index is -1.74. The van der Waals surface area contributed by atoms with Crippen LogP contribution in [0.3, 0.4) is 0 Å². The lowest BCUT2D eigenvalue weighted by Gasteiger charge is -2.40. The van der Waals surface area contributed by atoms with Crippen molar-refractivity contribution in [3.05, 3.63) is 58.8 Å². The summed E-state index contributed by atoms with van der Waals surface area (Å²) in [6.07, 6.45) is -5.03. The number of ether oxygens (including phenoxy) is 6. The van der Waals surface area contributed by atoms with Crippen LogP contribution in [0, 0.1) is 0 Å². The van der Waals surface area contributed by atoms with Crippen molar-refractivity contribution in [1.82, 2.24) is 0 Å². The molecule has 13 nitrogen and oxygen atoms in total. The molecule has 2 aliphatic heterocycles. The predicted octanol–water partition coefficient (Wildman–Crippen LogP) is 0.688. The Hall–Kier alpha value is -3.91. The average molecular weight is 536 g/mol. The van der Waals surface area contributed by atoms with Gasteiger partial charge in [0.2, 0.25) is 12.0 Å².